The lowest BCUT2D eigenvalue weighted by Crippen LogP contribution is -2.44. The van der Waals surface area contributed by atoms with E-state index in [2.05, 4.69) is 12.2 Å². The van der Waals surface area contributed by atoms with Gasteiger partial charge in [-0.1, -0.05) is 39.0 Å². The molecule has 1 rings (SSSR count). The van der Waals surface area contributed by atoms with E-state index in [1.54, 1.807) is 0 Å². The van der Waals surface area contributed by atoms with Gasteiger partial charge in [0.05, 0.1) is 37.0 Å². The minimum Gasteiger partial charge on any atom is -0.395 e. The first-order chi connectivity index (χ1) is 8.61. The molecule has 0 aliphatic carbocycles. The van der Waals surface area contributed by atoms with Crippen LogP contribution in [0.2, 0.25) is 0 Å². The van der Waals surface area contributed by atoms with Crippen LogP contribution in [0.3, 0.4) is 0 Å². The molecule has 0 aromatic carbocycles. The summed E-state index contributed by atoms with van der Waals surface area (Å²) in [6, 6.07) is -1.08. The summed E-state index contributed by atoms with van der Waals surface area (Å²) in [6.07, 6.45) is 3.51. The Labute approximate surface area is 121 Å². The molecule has 19 heavy (non-hydrogen) atoms. The van der Waals surface area contributed by atoms with Gasteiger partial charge in [-0.15, -0.1) is 12.4 Å². The molecule has 0 amide bonds. The van der Waals surface area contributed by atoms with Crippen LogP contribution in [0.5, 0.6) is 0 Å². The highest BCUT2D eigenvalue weighted by Crippen LogP contribution is 2.20. The van der Waals surface area contributed by atoms with E-state index in [4.69, 9.17) is 5.11 Å². The maximum atomic E-state index is 9.99. The van der Waals surface area contributed by atoms with Gasteiger partial charge in [0.15, 0.2) is 0 Å². The molecule has 0 bridgehead atoms. The minimum absolute atomic E-state index is 0. The maximum absolute atomic E-state index is 9.99. The fourth-order valence-electron chi connectivity index (χ4n) is 2.53. The van der Waals surface area contributed by atoms with Gasteiger partial charge in [-0.25, -0.2) is 0 Å². The Hall–Kier alpha value is 0.0900. The fraction of sp³-hybridized carbons (Fsp3) is 1.00. The van der Waals surface area contributed by atoms with Crippen LogP contribution in [0.15, 0.2) is 0 Å². The SMILES string of the molecule is CCCCCCC[C@H](O)[C@H]1N[C@H](CO)[C@@H](O)[C@@H]1O.Cl. The zero-order valence-corrected chi connectivity index (χ0v) is 12.4. The lowest BCUT2D eigenvalue weighted by atomic mass is 9.99. The second-order valence-corrected chi connectivity index (χ2v) is 5.23. The van der Waals surface area contributed by atoms with Crippen molar-refractivity contribution >= 4 is 12.4 Å². The van der Waals surface area contributed by atoms with Crippen LogP contribution >= 0.6 is 12.4 Å². The third-order valence-electron chi connectivity index (χ3n) is 3.75. The van der Waals surface area contributed by atoms with Gasteiger partial charge in [-0.2, -0.15) is 0 Å². The van der Waals surface area contributed by atoms with Crippen molar-refractivity contribution in [2.45, 2.75) is 75.8 Å². The van der Waals surface area contributed by atoms with Crippen molar-refractivity contribution in [3.8, 4) is 0 Å². The number of nitrogens with one attached hydrogen (secondary N) is 1. The summed E-state index contributed by atoms with van der Waals surface area (Å²) in [5.74, 6) is 0. The van der Waals surface area contributed by atoms with Crippen molar-refractivity contribution in [1.82, 2.24) is 5.32 Å². The lowest BCUT2D eigenvalue weighted by molar-refractivity contribution is -0.00443. The summed E-state index contributed by atoms with van der Waals surface area (Å²) in [5.41, 5.74) is 0. The Morgan fingerprint density at radius 3 is 2.21 bits per heavy atom. The molecule has 5 atom stereocenters. The second kappa shape index (κ2) is 9.91. The Balaban J connectivity index is 0.00000324. The average molecular weight is 298 g/mol. The molecule has 0 unspecified atom stereocenters. The number of unbranched alkanes of at least 4 members (excludes halogenated alkanes) is 4. The molecule has 5 nitrogen and oxygen atoms in total. The largest absolute Gasteiger partial charge is 0.395 e. The third-order valence-corrected chi connectivity index (χ3v) is 3.75. The van der Waals surface area contributed by atoms with Crippen LogP contribution in [-0.4, -0.2) is 57.4 Å². The number of hydrogen-bond acceptors (Lipinski definition) is 5. The smallest absolute Gasteiger partial charge is 0.0993 e. The van der Waals surface area contributed by atoms with Gasteiger partial charge in [0, 0.05) is 0 Å². The molecule has 0 radical (unpaired) electrons. The molecule has 0 spiro atoms. The maximum Gasteiger partial charge on any atom is 0.0993 e. The van der Waals surface area contributed by atoms with E-state index in [1.807, 2.05) is 0 Å². The number of rotatable bonds is 8. The van der Waals surface area contributed by atoms with E-state index in [-0.39, 0.29) is 19.0 Å². The molecular weight excluding hydrogens is 270 g/mol. The Bertz CT molecular complexity index is 233. The Morgan fingerprint density at radius 2 is 1.68 bits per heavy atom. The van der Waals surface area contributed by atoms with Gasteiger partial charge in [-0.05, 0) is 6.42 Å². The highest BCUT2D eigenvalue weighted by Gasteiger charge is 2.43. The van der Waals surface area contributed by atoms with Gasteiger partial charge in [0.1, 0.15) is 0 Å². The topological polar surface area (TPSA) is 93.0 Å². The number of hydrogen-bond donors (Lipinski definition) is 5. The zero-order chi connectivity index (χ0) is 13.5. The first kappa shape index (κ1) is 19.1. The summed E-state index contributed by atoms with van der Waals surface area (Å²) in [4.78, 5) is 0. The zero-order valence-electron chi connectivity index (χ0n) is 11.5. The van der Waals surface area contributed by atoms with Crippen LogP contribution < -0.4 is 5.32 Å². The predicted molar refractivity (Wildman–Crippen MR) is 76.4 cm³/mol. The van der Waals surface area contributed by atoms with Crippen molar-refractivity contribution in [3.05, 3.63) is 0 Å². The van der Waals surface area contributed by atoms with Crippen molar-refractivity contribution in [1.29, 1.82) is 0 Å². The van der Waals surface area contributed by atoms with E-state index < -0.39 is 30.4 Å². The predicted octanol–water partition coefficient (Wildman–Crippen LogP) is 0.184. The normalized spacial score (nSPS) is 32.1. The van der Waals surface area contributed by atoms with E-state index in [1.165, 1.54) is 19.3 Å². The van der Waals surface area contributed by atoms with Gasteiger partial charge in [0.25, 0.3) is 0 Å². The standard InChI is InChI=1S/C13H27NO4.ClH/c1-2-3-4-5-6-7-10(16)11-13(18)12(17)9(8-15)14-11;/h9-18H,2-8H2,1H3;1H/t9-,10+,11-,12-,13-;/m1./s1. The molecule has 0 aromatic heterocycles. The Kier molecular flexibility index (Phi) is 9.96. The first-order valence-electron chi connectivity index (χ1n) is 7.03. The van der Waals surface area contributed by atoms with Crippen molar-refractivity contribution < 1.29 is 20.4 Å². The minimum atomic E-state index is -1.01. The van der Waals surface area contributed by atoms with E-state index >= 15 is 0 Å². The van der Waals surface area contributed by atoms with E-state index in [0.717, 1.165) is 12.8 Å². The molecular formula is C13H28ClNO4. The van der Waals surface area contributed by atoms with Gasteiger partial charge >= 0.3 is 0 Å². The Morgan fingerprint density at radius 1 is 1.05 bits per heavy atom. The molecule has 1 heterocycles. The molecule has 1 fully saturated rings. The van der Waals surface area contributed by atoms with Gasteiger partial charge in [0.2, 0.25) is 0 Å². The highest BCUT2D eigenvalue weighted by atomic mass is 35.5. The molecule has 5 N–H and O–H groups in total. The monoisotopic (exact) mass is 297 g/mol. The second-order valence-electron chi connectivity index (χ2n) is 5.23. The molecule has 6 heteroatoms. The fourth-order valence-corrected chi connectivity index (χ4v) is 2.53. The first-order valence-corrected chi connectivity index (χ1v) is 7.03. The highest BCUT2D eigenvalue weighted by molar-refractivity contribution is 5.85. The summed E-state index contributed by atoms with van der Waals surface area (Å²) in [6.45, 7) is 1.92. The lowest BCUT2D eigenvalue weighted by Gasteiger charge is -2.22. The molecule has 1 saturated heterocycles. The van der Waals surface area contributed by atoms with Crippen molar-refractivity contribution in [3.63, 3.8) is 0 Å². The average Bonchev–Trinajstić information content (AvgIpc) is 2.65. The summed E-state index contributed by atoms with van der Waals surface area (Å²) < 4.78 is 0. The summed E-state index contributed by atoms with van der Waals surface area (Å²) in [7, 11) is 0. The van der Waals surface area contributed by atoms with Crippen LogP contribution in [-0.2, 0) is 0 Å². The molecule has 1 aliphatic rings. The van der Waals surface area contributed by atoms with E-state index in [0.29, 0.717) is 6.42 Å². The van der Waals surface area contributed by atoms with Crippen LogP contribution in [0.25, 0.3) is 0 Å². The third kappa shape index (κ3) is 5.53. The van der Waals surface area contributed by atoms with Gasteiger partial charge < -0.3 is 25.7 Å². The van der Waals surface area contributed by atoms with Crippen LogP contribution in [0.1, 0.15) is 45.4 Å². The van der Waals surface area contributed by atoms with Crippen LogP contribution in [0.4, 0.5) is 0 Å². The number of aliphatic hydroxyl groups is 4. The molecule has 0 saturated carbocycles. The van der Waals surface area contributed by atoms with Crippen LogP contribution in [0, 0.1) is 0 Å². The molecule has 116 valence electrons. The van der Waals surface area contributed by atoms with Gasteiger partial charge in [-0.3, -0.25) is 0 Å². The molecule has 1 aliphatic heterocycles. The summed E-state index contributed by atoms with van der Waals surface area (Å²) in [5, 5.41) is 41.3. The number of aliphatic hydroxyl groups excluding tert-OH is 4. The molecule has 0 aromatic rings. The van der Waals surface area contributed by atoms with E-state index in [9.17, 15) is 15.3 Å². The summed E-state index contributed by atoms with van der Waals surface area (Å²) >= 11 is 0. The van der Waals surface area contributed by atoms with Crippen molar-refractivity contribution in [2.75, 3.05) is 6.61 Å². The van der Waals surface area contributed by atoms with Crippen molar-refractivity contribution in [2.24, 2.45) is 0 Å². The number of halogens is 1. The quantitative estimate of drug-likeness (QED) is 0.412.